The average Bonchev–Trinajstić information content (AvgIpc) is 2.76. The molecule has 1 aromatic carbocycles. The van der Waals surface area contributed by atoms with Gasteiger partial charge in [-0.05, 0) is 18.2 Å². The summed E-state index contributed by atoms with van der Waals surface area (Å²) >= 11 is 0. The second-order valence-electron chi connectivity index (χ2n) is 3.94. The molecule has 0 saturated heterocycles. The maximum absolute atomic E-state index is 13.0. The molecule has 1 atom stereocenters. The minimum Gasteiger partial charge on any atom is -0.382 e. The van der Waals surface area contributed by atoms with Gasteiger partial charge >= 0.3 is 0 Å². The Morgan fingerprint density at radius 3 is 3.00 bits per heavy atom. The molecule has 1 aromatic heterocycles. The van der Waals surface area contributed by atoms with Gasteiger partial charge in [-0.1, -0.05) is 0 Å². The first-order chi connectivity index (χ1) is 8.72. The van der Waals surface area contributed by atoms with Crippen molar-refractivity contribution in [2.45, 2.75) is 6.10 Å². The Balaban J connectivity index is 2.03. The van der Waals surface area contributed by atoms with Gasteiger partial charge in [0.2, 0.25) is 5.95 Å². The van der Waals surface area contributed by atoms with E-state index >= 15 is 0 Å². The quantitative estimate of drug-likeness (QED) is 0.823. The number of halogens is 1. The van der Waals surface area contributed by atoms with E-state index in [1.54, 1.807) is 20.3 Å². The number of ether oxygens (including phenoxy) is 2. The van der Waals surface area contributed by atoms with Crippen LogP contribution in [0.15, 0.2) is 18.2 Å². The van der Waals surface area contributed by atoms with E-state index in [0.29, 0.717) is 24.6 Å². The average molecular weight is 253 g/mol. The maximum Gasteiger partial charge on any atom is 0.201 e. The molecule has 6 heteroatoms. The van der Waals surface area contributed by atoms with Crippen LogP contribution in [0.4, 0.5) is 10.3 Å². The van der Waals surface area contributed by atoms with Gasteiger partial charge in [-0.2, -0.15) is 0 Å². The van der Waals surface area contributed by atoms with Gasteiger partial charge in [0.05, 0.1) is 23.7 Å². The standard InChI is InChI=1S/C12H16FN3O2/c1-17-7-9(18-2)6-14-12-15-10-4-3-8(13)5-11(10)16-12/h3-5,9H,6-7H2,1-2H3,(H2,14,15,16). The molecular formula is C12H16FN3O2. The van der Waals surface area contributed by atoms with Crippen LogP contribution in [0.1, 0.15) is 0 Å². The van der Waals surface area contributed by atoms with E-state index in [0.717, 1.165) is 5.52 Å². The molecule has 98 valence electrons. The summed E-state index contributed by atoms with van der Waals surface area (Å²) in [5.41, 5.74) is 1.39. The minimum atomic E-state index is -0.285. The predicted octanol–water partition coefficient (Wildman–Crippen LogP) is 1.78. The highest BCUT2D eigenvalue weighted by Crippen LogP contribution is 2.15. The fraction of sp³-hybridized carbons (Fsp3) is 0.417. The Labute approximate surface area is 104 Å². The molecule has 0 aliphatic heterocycles. The lowest BCUT2D eigenvalue weighted by Crippen LogP contribution is -2.26. The Hall–Kier alpha value is -1.66. The van der Waals surface area contributed by atoms with Crippen molar-refractivity contribution >= 4 is 17.0 Å². The molecule has 0 saturated carbocycles. The zero-order valence-electron chi connectivity index (χ0n) is 10.4. The molecule has 2 N–H and O–H groups in total. The third kappa shape index (κ3) is 2.96. The van der Waals surface area contributed by atoms with Crippen LogP contribution in [0.2, 0.25) is 0 Å². The van der Waals surface area contributed by atoms with Crippen LogP contribution in [0.5, 0.6) is 0 Å². The number of imidazole rings is 1. The van der Waals surface area contributed by atoms with Crippen molar-refractivity contribution in [1.29, 1.82) is 0 Å². The van der Waals surface area contributed by atoms with E-state index in [4.69, 9.17) is 9.47 Å². The summed E-state index contributed by atoms with van der Waals surface area (Å²) < 4.78 is 23.2. The molecule has 0 bridgehead atoms. The molecule has 0 aliphatic rings. The molecule has 0 radical (unpaired) electrons. The van der Waals surface area contributed by atoms with Crippen LogP contribution >= 0.6 is 0 Å². The lowest BCUT2D eigenvalue weighted by molar-refractivity contribution is 0.0365. The number of rotatable bonds is 6. The highest BCUT2D eigenvalue weighted by molar-refractivity contribution is 5.77. The number of methoxy groups -OCH3 is 2. The van der Waals surface area contributed by atoms with Gasteiger partial charge in [-0.15, -0.1) is 0 Å². The second kappa shape index (κ2) is 5.79. The third-order valence-corrected chi connectivity index (χ3v) is 2.63. The number of anilines is 1. The fourth-order valence-electron chi connectivity index (χ4n) is 1.67. The molecule has 0 amide bonds. The van der Waals surface area contributed by atoms with E-state index in [2.05, 4.69) is 15.3 Å². The molecule has 2 aromatic rings. The van der Waals surface area contributed by atoms with Crippen LogP contribution in [0.3, 0.4) is 0 Å². The molecule has 2 rings (SSSR count). The van der Waals surface area contributed by atoms with E-state index in [1.807, 2.05) is 0 Å². The Morgan fingerprint density at radius 2 is 2.28 bits per heavy atom. The molecule has 5 nitrogen and oxygen atoms in total. The molecule has 1 heterocycles. The summed E-state index contributed by atoms with van der Waals surface area (Å²) in [7, 11) is 3.25. The summed E-state index contributed by atoms with van der Waals surface area (Å²) in [6.45, 7) is 1.06. The van der Waals surface area contributed by atoms with Gasteiger partial charge in [-0.3, -0.25) is 0 Å². The first-order valence-corrected chi connectivity index (χ1v) is 5.64. The van der Waals surface area contributed by atoms with Crippen LogP contribution in [-0.2, 0) is 9.47 Å². The summed E-state index contributed by atoms with van der Waals surface area (Å²) in [6.07, 6.45) is -0.0556. The van der Waals surface area contributed by atoms with Gasteiger partial charge in [0.25, 0.3) is 0 Å². The van der Waals surface area contributed by atoms with Crippen molar-refractivity contribution in [3.63, 3.8) is 0 Å². The molecule has 0 fully saturated rings. The van der Waals surface area contributed by atoms with Crippen molar-refractivity contribution < 1.29 is 13.9 Å². The first kappa shape index (κ1) is 12.8. The Bertz CT molecular complexity index is 515. The van der Waals surface area contributed by atoms with Gasteiger partial charge in [0.1, 0.15) is 5.82 Å². The molecule has 0 aliphatic carbocycles. The van der Waals surface area contributed by atoms with Crippen molar-refractivity contribution in [3.05, 3.63) is 24.0 Å². The van der Waals surface area contributed by atoms with Gasteiger partial charge < -0.3 is 19.8 Å². The Morgan fingerprint density at radius 1 is 1.44 bits per heavy atom. The van der Waals surface area contributed by atoms with Gasteiger partial charge in [-0.25, -0.2) is 9.37 Å². The number of hydrogen-bond acceptors (Lipinski definition) is 4. The van der Waals surface area contributed by atoms with Crippen LogP contribution in [-0.4, -0.2) is 43.4 Å². The molecule has 18 heavy (non-hydrogen) atoms. The van der Waals surface area contributed by atoms with Crippen LogP contribution in [0, 0.1) is 5.82 Å². The van der Waals surface area contributed by atoms with Crippen molar-refractivity contribution in [3.8, 4) is 0 Å². The summed E-state index contributed by atoms with van der Waals surface area (Å²) in [6, 6.07) is 4.43. The SMILES string of the molecule is COCC(CNc1nc2ccc(F)cc2[nH]1)OC. The summed E-state index contributed by atoms with van der Waals surface area (Å²) in [5, 5.41) is 3.10. The highest BCUT2D eigenvalue weighted by Gasteiger charge is 2.08. The monoisotopic (exact) mass is 253 g/mol. The second-order valence-corrected chi connectivity index (χ2v) is 3.94. The van der Waals surface area contributed by atoms with Crippen molar-refractivity contribution in [1.82, 2.24) is 9.97 Å². The van der Waals surface area contributed by atoms with Gasteiger partial charge in [0, 0.05) is 20.8 Å². The zero-order valence-corrected chi connectivity index (χ0v) is 10.4. The number of aromatic amines is 1. The van der Waals surface area contributed by atoms with Crippen LogP contribution < -0.4 is 5.32 Å². The topological polar surface area (TPSA) is 59.2 Å². The number of fused-ring (bicyclic) bond motifs is 1. The largest absolute Gasteiger partial charge is 0.382 e. The number of benzene rings is 1. The number of nitrogens with one attached hydrogen (secondary N) is 2. The number of nitrogens with zero attached hydrogens (tertiary/aromatic N) is 1. The fourth-order valence-corrected chi connectivity index (χ4v) is 1.67. The molecular weight excluding hydrogens is 237 g/mol. The lowest BCUT2D eigenvalue weighted by atomic mass is 10.3. The van der Waals surface area contributed by atoms with E-state index in [-0.39, 0.29) is 11.9 Å². The van der Waals surface area contributed by atoms with E-state index in [9.17, 15) is 4.39 Å². The summed E-state index contributed by atoms with van der Waals surface area (Å²) in [5.74, 6) is 0.306. The number of aromatic nitrogens is 2. The van der Waals surface area contributed by atoms with Crippen molar-refractivity contribution in [2.24, 2.45) is 0 Å². The van der Waals surface area contributed by atoms with E-state index < -0.39 is 0 Å². The molecule has 0 spiro atoms. The molecule has 1 unspecified atom stereocenters. The highest BCUT2D eigenvalue weighted by atomic mass is 19.1. The number of H-pyrrole nitrogens is 1. The normalized spacial score (nSPS) is 12.8. The van der Waals surface area contributed by atoms with E-state index in [1.165, 1.54) is 12.1 Å². The maximum atomic E-state index is 13.0. The smallest absolute Gasteiger partial charge is 0.201 e. The van der Waals surface area contributed by atoms with Gasteiger partial charge in [0.15, 0.2) is 0 Å². The lowest BCUT2D eigenvalue weighted by Gasteiger charge is -2.14. The predicted molar refractivity (Wildman–Crippen MR) is 67.2 cm³/mol. The van der Waals surface area contributed by atoms with Crippen LogP contribution in [0.25, 0.3) is 11.0 Å². The summed E-state index contributed by atoms with van der Waals surface area (Å²) in [4.78, 5) is 7.29. The first-order valence-electron chi connectivity index (χ1n) is 5.64. The Kier molecular flexibility index (Phi) is 4.11. The van der Waals surface area contributed by atoms with Crippen molar-refractivity contribution in [2.75, 3.05) is 32.7 Å². The minimum absolute atomic E-state index is 0.0556. The zero-order chi connectivity index (χ0) is 13.0. The third-order valence-electron chi connectivity index (χ3n) is 2.63. The number of hydrogen-bond donors (Lipinski definition) is 2.